The molecule has 3 fully saturated rings. The number of sulfone groups is 1. The molecule has 3 aliphatic rings. The average Bonchev–Trinajstić information content (AvgIpc) is 3.59. The van der Waals surface area contributed by atoms with Gasteiger partial charge >= 0.3 is 0 Å². The molecule has 0 spiro atoms. The largest absolute Gasteiger partial charge is 0.467 e. The van der Waals surface area contributed by atoms with E-state index in [9.17, 15) is 13.2 Å². The molecule has 5 rings (SSSR count). The second-order valence-corrected chi connectivity index (χ2v) is 11.3. The predicted molar refractivity (Wildman–Crippen MR) is 107 cm³/mol. The summed E-state index contributed by atoms with van der Waals surface area (Å²) in [6, 6.07) is 3.75. The van der Waals surface area contributed by atoms with Crippen molar-refractivity contribution in [1.82, 2.24) is 19.7 Å². The van der Waals surface area contributed by atoms with Crippen LogP contribution < -0.4 is 0 Å². The Hall–Kier alpha value is -1.81. The van der Waals surface area contributed by atoms with Gasteiger partial charge in [-0.3, -0.25) is 4.79 Å². The van der Waals surface area contributed by atoms with Crippen molar-refractivity contribution in [3.63, 3.8) is 0 Å². The van der Waals surface area contributed by atoms with E-state index < -0.39 is 9.84 Å². The number of rotatable bonds is 8. The molecule has 1 amide bonds. The standard InChI is InChI=1S/C19H24N4O4S2/c24-17(11-28-19-21-20-18(13-3-4-13)23(19)14-5-6-14)22(10-16-2-1-8-27-16)15-7-9-29(25,26)12-15/h1-2,8,13-15H,3-7,9-12H2/t15-/m1/s1. The van der Waals surface area contributed by atoms with Crippen LogP contribution in [0.5, 0.6) is 0 Å². The summed E-state index contributed by atoms with van der Waals surface area (Å²) >= 11 is 1.41. The summed E-state index contributed by atoms with van der Waals surface area (Å²) < 4.78 is 31.6. The summed E-state index contributed by atoms with van der Waals surface area (Å²) in [5, 5.41) is 9.55. The van der Waals surface area contributed by atoms with Crippen molar-refractivity contribution in [1.29, 1.82) is 0 Å². The van der Waals surface area contributed by atoms with Crippen LogP contribution >= 0.6 is 11.8 Å². The van der Waals surface area contributed by atoms with E-state index in [0.717, 1.165) is 23.8 Å². The molecule has 0 unspecified atom stereocenters. The van der Waals surface area contributed by atoms with E-state index in [1.807, 2.05) is 6.07 Å². The minimum Gasteiger partial charge on any atom is -0.467 e. The number of amides is 1. The van der Waals surface area contributed by atoms with Crippen molar-refractivity contribution in [2.24, 2.45) is 0 Å². The summed E-state index contributed by atoms with van der Waals surface area (Å²) in [5.74, 6) is 2.52. The molecular formula is C19H24N4O4S2. The zero-order valence-corrected chi connectivity index (χ0v) is 17.7. The topological polar surface area (TPSA) is 98.3 Å². The maximum absolute atomic E-state index is 13.1. The van der Waals surface area contributed by atoms with Gasteiger partial charge in [0, 0.05) is 18.0 Å². The third-order valence-electron chi connectivity index (χ3n) is 5.75. The van der Waals surface area contributed by atoms with Gasteiger partial charge in [0.15, 0.2) is 15.0 Å². The lowest BCUT2D eigenvalue weighted by atomic mass is 10.2. The third kappa shape index (κ3) is 4.23. The van der Waals surface area contributed by atoms with Gasteiger partial charge in [0.05, 0.1) is 30.1 Å². The van der Waals surface area contributed by atoms with Gasteiger partial charge in [-0.05, 0) is 44.2 Å². The maximum atomic E-state index is 13.1. The highest BCUT2D eigenvalue weighted by Gasteiger charge is 2.38. The first kappa shape index (κ1) is 19.2. The van der Waals surface area contributed by atoms with Crippen LogP contribution in [0.4, 0.5) is 0 Å². The molecule has 156 valence electrons. The molecule has 2 saturated carbocycles. The predicted octanol–water partition coefficient (Wildman–Crippen LogP) is 2.39. The Kier molecular flexibility index (Phi) is 4.93. The summed E-state index contributed by atoms with van der Waals surface area (Å²) in [5.41, 5.74) is 0. The lowest BCUT2D eigenvalue weighted by Gasteiger charge is -2.27. The Balaban J connectivity index is 1.30. The van der Waals surface area contributed by atoms with Crippen LogP contribution in [0.3, 0.4) is 0 Å². The number of hydrogen-bond acceptors (Lipinski definition) is 7. The van der Waals surface area contributed by atoms with E-state index in [-0.39, 0.29) is 35.8 Å². The highest BCUT2D eigenvalue weighted by molar-refractivity contribution is 7.99. The smallest absolute Gasteiger partial charge is 0.233 e. The second-order valence-electron chi connectivity index (χ2n) is 8.16. The van der Waals surface area contributed by atoms with Gasteiger partial charge in [0.2, 0.25) is 5.91 Å². The molecule has 3 heterocycles. The van der Waals surface area contributed by atoms with Crippen LogP contribution in [-0.4, -0.2) is 57.3 Å². The molecule has 0 N–H and O–H groups in total. The van der Waals surface area contributed by atoms with Crippen molar-refractivity contribution in [3.05, 3.63) is 30.0 Å². The molecule has 10 heteroatoms. The summed E-state index contributed by atoms with van der Waals surface area (Å²) in [7, 11) is -3.09. The molecule has 0 radical (unpaired) electrons. The minimum absolute atomic E-state index is 0.0220. The molecule has 1 atom stereocenters. The fourth-order valence-corrected chi connectivity index (χ4v) is 6.53. The van der Waals surface area contributed by atoms with Crippen LogP contribution in [-0.2, 0) is 21.2 Å². The van der Waals surface area contributed by atoms with Crippen LogP contribution in [0.1, 0.15) is 55.6 Å². The van der Waals surface area contributed by atoms with Crippen molar-refractivity contribution in [2.75, 3.05) is 17.3 Å². The summed E-state index contributed by atoms with van der Waals surface area (Å²) in [6.45, 7) is 0.287. The first-order valence-electron chi connectivity index (χ1n) is 10.1. The van der Waals surface area contributed by atoms with Crippen LogP contribution in [0, 0.1) is 0 Å². The van der Waals surface area contributed by atoms with Gasteiger partial charge in [-0.1, -0.05) is 11.8 Å². The number of nitrogens with zero attached hydrogens (tertiary/aromatic N) is 4. The molecule has 8 nitrogen and oxygen atoms in total. The van der Waals surface area contributed by atoms with Crippen molar-refractivity contribution < 1.29 is 17.6 Å². The lowest BCUT2D eigenvalue weighted by molar-refractivity contribution is -0.131. The molecule has 29 heavy (non-hydrogen) atoms. The Labute approximate surface area is 174 Å². The number of thioether (sulfide) groups is 1. The maximum Gasteiger partial charge on any atom is 0.233 e. The normalized spacial score (nSPS) is 23.4. The van der Waals surface area contributed by atoms with E-state index in [1.54, 1.807) is 17.2 Å². The van der Waals surface area contributed by atoms with Gasteiger partial charge in [-0.25, -0.2) is 8.42 Å². The first-order valence-corrected chi connectivity index (χ1v) is 12.9. The molecular weight excluding hydrogens is 412 g/mol. The molecule has 2 aromatic heterocycles. The van der Waals surface area contributed by atoms with Gasteiger partial charge in [-0.2, -0.15) is 0 Å². The zero-order chi connectivity index (χ0) is 20.0. The Morgan fingerprint density at radius 1 is 1.24 bits per heavy atom. The molecule has 0 aromatic carbocycles. The number of carbonyl (C=O) groups is 1. The van der Waals surface area contributed by atoms with Crippen molar-refractivity contribution in [2.45, 2.75) is 61.8 Å². The fourth-order valence-electron chi connectivity index (χ4n) is 3.90. The summed E-state index contributed by atoms with van der Waals surface area (Å²) in [6.07, 6.45) is 6.66. The van der Waals surface area contributed by atoms with Crippen molar-refractivity contribution >= 4 is 27.5 Å². The van der Waals surface area contributed by atoms with Crippen molar-refractivity contribution in [3.8, 4) is 0 Å². The van der Waals surface area contributed by atoms with Crippen LogP contribution in [0.25, 0.3) is 0 Å². The fraction of sp³-hybridized carbons (Fsp3) is 0.632. The van der Waals surface area contributed by atoms with Gasteiger partial charge in [0.1, 0.15) is 11.6 Å². The van der Waals surface area contributed by atoms with E-state index >= 15 is 0 Å². The summed E-state index contributed by atoms with van der Waals surface area (Å²) in [4.78, 5) is 14.8. The number of carbonyl (C=O) groups excluding carboxylic acids is 1. The average molecular weight is 437 g/mol. The second kappa shape index (κ2) is 7.46. The molecule has 0 bridgehead atoms. The molecule has 1 saturated heterocycles. The molecule has 1 aliphatic heterocycles. The van der Waals surface area contributed by atoms with Crippen LogP contribution in [0.2, 0.25) is 0 Å². The molecule has 2 aromatic rings. The minimum atomic E-state index is -3.09. The van der Waals surface area contributed by atoms with Gasteiger partial charge in [0.25, 0.3) is 0 Å². The van der Waals surface area contributed by atoms with E-state index in [2.05, 4.69) is 14.8 Å². The first-order chi connectivity index (χ1) is 14.0. The quantitative estimate of drug-likeness (QED) is 0.586. The Morgan fingerprint density at radius 3 is 2.69 bits per heavy atom. The highest BCUT2D eigenvalue weighted by atomic mass is 32.2. The van der Waals surface area contributed by atoms with E-state index in [0.29, 0.717) is 24.1 Å². The highest BCUT2D eigenvalue weighted by Crippen LogP contribution is 2.46. The monoisotopic (exact) mass is 436 g/mol. The molecule has 2 aliphatic carbocycles. The Bertz CT molecular complexity index is 994. The zero-order valence-electron chi connectivity index (χ0n) is 16.1. The number of aromatic nitrogens is 3. The van der Waals surface area contributed by atoms with E-state index in [1.165, 1.54) is 24.6 Å². The van der Waals surface area contributed by atoms with Crippen LogP contribution in [0.15, 0.2) is 28.0 Å². The number of hydrogen-bond donors (Lipinski definition) is 0. The van der Waals surface area contributed by atoms with Gasteiger partial charge < -0.3 is 13.9 Å². The number of furan rings is 1. The van der Waals surface area contributed by atoms with Gasteiger partial charge in [-0.15, -0.1) is 10.2 Å². The Morgan fingerprint density at radius 2 is 2.07 bits per heavy atom. The SMILES string of the molecule is O=C(CSc1nnc(C2CC2)n1C1CC1)N(Cc1ccco1)[C@@H]1CCS(=O)(=O)C1. The van der Waals surface area contributed by atoms with E-state index in [4.69, 9.17) is 4.42 Å². The third-order valence-corrected chi connectivity index (χ3v) is 8.42. The lowest BCUT2D eigenvalue weighted by Crippen LogP contribution is -2.41.